The number of nitrogens with one attached hydrogen (secondary N) is 2. The summed E-state index contributed by atoms with van der Waals surface area (Å²) in [5.74, 6) is 0.445. The fourth-order valence-electron chi connectivity index (χ4n) is 3.36. The number of likely N-dealkylation sites (tertiary alicyclic amines) is 1. The van der Waals surface area contributed by atoms with Crippen molar-refractivity contribution in [2.45, 2.75) is 52.2 Å². The van der Waals surface area contributed by atoms with Gasteiger partial charge in [0.15, 0.2) is 6.04 Å². The van der Waals surface area contributed by atoms with Crippen molar-refractivity contribution >= 4 is 17.7 Å². The lowest BCUT2D eigenvalue weighted by molar-refractivity contribution is -0.416. The first kappa shape index (κ1) is 23.7. The lowest BCUT2D eigenvalue weighted by Gasteiger charge is -2.33. The van der Waals surface area contributed by atoms with Crippen molar-refractivity contribution in [3.8, 4) is 5.75 Å². The first-order chi connectivity index (χ1) is 14.2. The number of quaternary nitrogens is 1. The fraction of sp³-hybridized carbons (Fsp3) is 0.591. The highest BCUT2D eigenvalue weighted by Crippen LogP contribution is 2.19. The Morgan fingerprint density at radius 3 is 2.27 bits per heavy atom. The Hall–Kier alpha value is -2.61. The topological polar surface area (TPSA) is 115 Å². The van der Waals surface area contributed by atoms with E-state index in [4.69, 9.17) is 4.74 Å². The number of carbonyl (C=O) groups is 3. The maximum Gasteiger partial charge on any atom is 0.280 e. The summed E-state index contributed by atoms with van der Waals surface area (Å²) in [6.45, 7) is 7.12. The number of piperidine rings is 1. The number of carbonyl (C=O) groups excluding carboxylic acids is 3. The van der Waals surface area contributed by atoms with E-state index in [0.29, 0.717) is 32.5 Å². The molecule has 0 spiro atoms. The molecule has 8 nitrogen and oxygen atoms in total. The van der Waals surface area contributed by atoms with Crippen LogP contribution < -0.4 is 21.1 Å². The molecule has 0 aromatic heterocycles. The molecule has 1 saturated heterocycles. The van der Waals surface area contributed by atoms with Crippen molar-refractivity contribution in [2.75, 3.05) is 20.2 Å². The maximum absolute atomic E-state index is 12.6. The van der Waals surface area contributed by atoms with E-state index in [-0.39, 0.29) is 35.6 Å². The normalized spacial score (nSPS) is 16.7. The van der Waals surface area contributed by atoms with Crippen LogP contribution in [0.1, 0.15) is 39.2 Å². The molecule has 0 saturated carbocycles. The molecular formula is C22H35N4O4+. The Morgan fingerprint density at radius 1 is 1.13 bits per heavy atom. The molecule has 8 heteroatoms. The first-order valence-electron chi connectivity index (χ1n) is 10.6. The zero-order valence-corrected chi connectivity index (χ0v) is 18.4. The van der Waals surface area contributed by atoms with Crippen LogP contribution in [0.3, 0.4) is 0 Å². The minimum absolute atomic E-state index is 0.0511. The molecule has 2 rings (SSSR count). The van der Waals surface area contributed by atoms with Crippen molar-refractivity contribution in [2.24, 2.45) is 11.8 Å². The van der Waals surface area contributed by atoms with E-state index < -0.39 is 6.04 Å². The molecule has 30 heavy (non-hydrogen) atoms. The second-order valence-electron chi connectivity index (χ2n) is 8.25. The van der Waals surface area contributed by atoms with Crippen LogP contribution in [0.5, 0.6) is 5.75 Å². The predicted octanol–water partition coefficient (Wildman–Crippen LogP) is 0.321. The van der Waals surface area contributed by atoms with Gasteiger partial charge in [-0.15, -0.1) is 0 Å². The molecule has 1 heterocycles. The molecule has 5 N–H and O–H groups in total. The molecule has 166 valence electrons. The summed E-state index contributed by atoms with van der Waals surface area (Å²) in [6.07, 6.45) is 1.20. The van der Waals surface area contributed by atoms with E-state index in [1.165, 1.54) is 0 Å². The van der Waals surface area contributed by atoms with Gasteiger partial charge >= 0.3 is 0 Å². The monoisotopic (exact) mass is 419 g/mol. The summed E-state index contributed by atoms with van der Waals surface area (Å²) in [5.41, 5.74) is 4.90. The average Bonchev–Trinajstić information content (AvgIpc) is 2.76. The smallest absolute Gasteiger partial charge is 0.280 e. The molecule has 1 aliphatic rings. The van der Waals surface area contributed by atoms with Crippen LogP contribution in [-0.4, -0.2) is 54.9 Å². The summed E-state index contributed by atoms with van der Waals surface area (Å²) >= 11 is 0. The third kappa shape index (κ3) is 6.45. The Balaban J connectivity index is 1.75. The second kappa shape index (κ2) is 11.0. The van der Waals surface area contributed by atoms with Gasteiger partial charge in [0.05, 0.1) is 7.11 Å². The highest BCUT2D eigenvalue weighted by atomic mass is 16.5. The van der Waals surface area contributed by atoms with Gasteiger partial charge in [0.2, 0.25) is 11.8 Å². The molecule has 1 aliphatic heterocycles. The number of nitrogens with zero attached hydrogens (tertiary/aromatic N) is 1. The zero-order chi connectivity index (χ0) is 22.3. The SMILES string of the molecule is COc1ccc(CNC(=O)[C@H](C)NC(=O)C2CCN(C(=O)[C@@H]([NH3+])C(C)C)CC2)cc1. The summed E-state index contributed by atoms with van der Waals surface area (Å²) in [4.78, 5) is 39.1. The number of rotatable bonds is 8. The van der Waals surface area contributed by atoms with Crippen molar-refractivity contribution < 1.29 is 24.9 Å². The average molecular weight is 420 g/mol. The molecule has 1 aromatic carbocycles. The number of hydrogen-bond acceptors (Lipinski definition) is 4. The molecule has 0 bridgehead atoms. The highest BCUT2D eigenvalue weighted by Gasteiger charge is 2.32. The van der Waals surface area contributed by atoms with Crippen LogP contribution in [0.2, 0.25) is 0 Å². The Morgan fingerprint density at radius 2 is 1.73 bits per heavy atom. The molecular weight excluding hydrogens is 384 g/mol. The van der Waals surface area contributed by atoms with E-state index in [9.17, 15) is 14.4 Å². The standard InChI is InChI=1S/C22H34N4O4/c1-14(2)19(23)22(29)26-11-9-17(10-12-26)21(28)25-15(3)20(27)24-13-16-5-7-18(30-4)8-6-16/h5-8,14-15,17,19H,9-13,23H2,1-4H3,(H,24,27)(H,25,28)/p+1/t15-,19-/m0/s1. The molecule has 0 unspecified atom stereocenters. The number of benzene rings is 1. The maximum atomic E-state index is 12.6. The van der Waals surface area contributed by atoms with E-state index >= 15 is 0 Å². The highest BCUT2D eigenvalue weighted by molar-refractivity contribution is 5.88. The number of hydrogen-bond donors (Lipinski definition) is 3. The van der Waals surface area contributed by atoms with Crippen LogP contribution >= 0.6 is 0 Å². The van der Waals surface area contributed by atoms with E-state index in [1.54, 1.807) is 18.9 Å². The van der Waals surface area contributed by atoms with Crippen molar-refractivity contribution in [1.82, 2.24) is 15.5 Å². The zero-order valence-electron chi connectivity index (χ0n) is 18.4. The van der Waals surface area contributed by atoms with Gasteiger partial charge in [0, 0.05) is 31.5 Å². The first-order valence-corrected chi connectivity index (χ1v) is 10.6. The van der Waals surface area contributed by atoms with E-state index in [2.05, 4.69) is 16.4 Å². The van der Waals surface area contributed by atoms with Gasteiger partial charge < -0.3 is 26.0 Å². The molecule has 1 fully saturated rings. The quantitative estimate of drug-likeness (QED) is 0.563. The van der Waals surface area contributed by atoms with E-state index in [1.807, 2.05) is 38.1 Å². The molecule has 2 atom stereocenters. The number of amides is 3. The lowest BCUT2D eigenvalue weighted by Crippen LogP contribution is -2.70. The summed E-state index contributed by atoms with van der Waals surface area (Å²) in [7, 11) is 1.60. The van der Waals surface area contributed by atoms with Crippen LogP contribution in [-0.2, 0) is 20.9 Å². The van der Waals surface area contributed by atoms with Gasteiger partial charge in [0.1, 0.15) is 11.8 Å². The minimum atomic E-state index is -0.624. The van der Waals surface area contributed by atoms with Crippen molar-refractivity contribution in [1.29, 1.82) is 0 Å². The fourth-order valence-corrected chi connectivity index (χ4v) is 3.36. The summed E-state index contributed by atoms with van der Waals surface area (Å²) in [5, 5.41) is 5.64. The molecule has 1 aromatic rings. The van der Waals surface area contributed by atoms with Gasteiger partial charge in [-0.1, -0.05) is 26.0 Å². The third-order valence-electron chi connectivity index (χ3n) is 5.68. The number of ether oxygens (including phenoxy) is 1. The second-order valence-corrected chi connectivity index (χ2v) is 8.25. The van der Waals surface area contributed by atoms with E-state index in [0.717, 1.165) is 11.3 Å². The predicted molar refractivity (Wildman–Crippen MR) is 113 cm³/mol. The third-order valence-corrected chi connectivity index (χ3v) is 5.68. The molecule has 3 amide bonds. The molecule has 0 aliphatic carbocycles. The summed E-state index contributed by atoms with van der Waals surface area (Å²) in [6, 6.07) is 6.55. The van der Waals surface area contributed by atoms with Gasteiger partial charge in [-0.2, -0.15) is 0 Å². The Labute approximate surface area is 178 Å². The lowest BCUT2D eigenvalue weighted by atomic mass is 9.94. The largest absolute Gasteiger partial charge is 0.497 e. The van der Waals surface area contributed by atoms with Gasteiger partial charge in [0.25, 0.3) is 5.91 Å². The van der Waals surface area contributed by atoms with Gasteiger partial charge in [-0.05, 0) is 37.5 Å². The van der Waals surface area contributed by atoms with Gasteiger partial charge in [-0.25, -0.2) is 0 Å². The molecule has 0 radical (unpaired) electrons. The van der Waals surface area contributed by atoms with Crippen LogP contribution in [0.4, 0.5) is 0 Å². The Kier molecular flexibility index (Phi) is 8.65. The number of methoxy groups -OCH3 is 1. The summed E-state index contributed by atoms with van der Waals surface area (Å²) < 4.78 is 5.12. The van der Waals surface area contributed by atoms with Gasteiger partial charge in [-0.3, -0.25) is 14.4 Å². The van der Waals surface area contributed by atoms with Crippen molar-refractivity contribution in [3.05, 3.63) is 29.8 Å². The minimum Gasteiger partial charge on any atom is -0.497 e. The van der Waals surface area contributed by atoms with Crippen LogP contribution in [0.25, 0.3) is 0 Å². The van der Waals surface area contributed by atoms with Crippen molar-refractivity contribution in [3.63, 3.8) is 0 Å². The van der Waals surface area contributed by atoms with Crippen LogP contribution in [0, 0.1) is 11.8 Å². The Bertz CT molecular complexity index is 727. The van der Waals surface area contributed by atoms with Crippen LogP contribution in [0.15, 0.2) is 24.3 Å².